The lowest BCUT2D eigenvalue weighted by Crippen LogP contribution is -2.30. The normalized spacial score (nSPS) is 10.0. The van der Waals surface area contributed by atoms with Crippen LogP contribution in [0.4, 0.5) is 10.5 Å². The molecule has 0 atom stereocenters. The molecule has 19 heavy (non-hydrogen) atoms. The molecule has 1 aromatic carbocycles. The van der Waals surface area contributed by atoms with Crippen molar-refractivity contribution in [2.75, 3.05) is 25.6 Å². The molecule has 0 saturated heterocycles. The second-order valence-electron chi connectivity index (χ2n) is 3.73. The number of benzene rings is 1. The number of hydrogen-bond donors (Lipinski definition) is 3. The zero-order chi connectivity index (χ0) is 14.3. The molecule has 2 amide bonds. The summed E-state index contributed by atoms with van der Waals surface area (Å²) in [7, 11) is 1.58. The van der Waals surface area contributed by atoms with Gasteiger partial charge in [0.2, 0.25) is 0 Å². The van der Waals surface area contributed by atoms with Gasteiger partial charge in [-0.2, -0.15) is 0 Å². The summed E-state index contributed by atoms with van der Waals surface area (Å²) in [5.74, 6) is -1.14. The smallest absolute Gasteiger partial charge is 0.337 e. The van der Waals surface area contributed by atoms with E-state index in [1.54, 1.807) is 7.11 Å². The Morgan fingerprint density at radius 2 is 2.16 bits per heavy atom. The number of rotatable bonds is 6. The number of urea groups is 1. The largest absolute Gasteiger partial charge is 0.478 e. The number of anilines is 1. The lowest BCUT2D eigenvalue weighted by molar-refractivity contribution is 0.0697. The van der Waals surface area contributed by atoms with Gasteiger partial charge in [-0.15, -0.1) is 0 Å². The number of carboxylic acid groups (broad SMARTS) is 1. The van der Waals surface area contributed by atoms with Gasteiger partial charge in [0, 0.05) is 25.9 Å². The monoisotopic (exact) mass is 286 g/mol. The number of amides is 2. The van der Waals surface area contributed by atoms with E-state index in [-0.39, 0.29) is 10.6 Å². The summed E-state index contributed by atoms with van der Waals surface area (Å²) in [4.78, 5) is 22.4. The van der Waals surface area contributed by atoms with Crippen molar-refractivity contribution >= 4 is 29.3 Å². The van der Waals surface area contributed by atoms with E-state index in [1.807, 2.05) is 0 Å². The first-order valence-electron chi connectivity index (χ1n) is 5.61. The highest BCUT2D eigenvalue weighted by Crippen LogP contribution is 2.20. The highest BCUT2D eigenvalue weighted by Gasteiger charge is 2.10. The van der Waals surface area contributed by atoms with Crippen molar-refractivity contribution in [1.29, 1.82) is 0 Å². The number of halogens is 1. The van der Waals surface area contributed by atoms with E-state index >= 15 is 0 Å². The van der Waals surface area contributed by atoms with Gasteiger partial charge in [0.25, 0.3) is 0 Å². The number of carboxylic acids is 1. The first-order chi connectivity index (χ1) is 9.04. The molecular weight excluding hydrogens is 272 g/mol. The minimum Gasteiger partial charge on any atom is -0.478 e. The Morgan fingerprint density at radius 1 is 1.42 bits per heavy atom. The molecule has 0 heterocycles. The summed E-state index contributed by atoms with van der Waals surface area (Å²) in [5.41, 5.74) is 0.310. The van der Waals surface area contributed by atoms with Gasteiger partial charge in [-0.3, -0.25) is 0 Å². The number of methoxy groups -OCH3 is 1. The van der Waals surface area contributed by atoms with E-state index in [1.165, 1.54) is 18.2 Å². The quantitative estimate of drug-likeness (QED) is 0.700. The Bertz CT molecular complexity index is 465. The molecule has 0 aliphatic rings. The van der Waals surface area contributed by atoms with Crippen molar-refractivity contribution < 1.29 is 19.4 Å². The Balaban J connectivity index is 2.55. The summed E-state index contributed by atoms with van der Waals surface area (Å²) >= 11 is 5.72. The van der Waals surface area contributed by atoms with Gasteiger partial charge in [0.05, 0.1) is 10.6 Å². The van der Waals surface area contributed by atoms with Crippen molar-refractivity contribution in [3.63, 3.8) is 0 Å². The van der Waals surface area contributed by atoms with Gasteiger partial charge >= 0.3 is 12.0 Å². The molecule has 3 N–H and O–H groups in total. The minimum atomic E-state index is -1.14. The molecule has 0 aromatic heterocycles. The first-order valence-corrected chi connectivity index (χ1v) is 5.99. The molecule has 1 rings (SSSR count). The highest BCUT2D eigenvalue weighted by molar-refractivity contribution is 6.33. The van der Waals surface area contributed by atoms with Crippen LogP contribution in [-0.2, 0) is 4.74 Å². The Kier molecular flexibility index (Phi) is 6.11. The fraction of sp³-hybridized carbons (Fsp3) is 0.333. The van der Waals surface area contributed by atoms with Gasteiger partial charge in [0.15, 0.2) is 0 Å². The molecule has 0 bridgehead atoms. The second-order valence-corrected chi connectivity index (χ2v) is 4.13. The van der Waals surface area contributed by atoms with E-state index in [0.717, 1.165) is 0 Å². The molecule has 0 aliphatic heterocycles. The maximum Gasteiger partial charge on any atom is 0.337 e. The van der Waals surface area contributed by atoms with Crippen LogP contribution in [0.15, 0.2) is 18.2 Å². The Labute approximate surface area is 115 Å². The van der Waals surface area contributed by atoms with Gasteiger partial charge in [-0.1, -0.05) is 11.6 Å². The van der Waals surface area contributed by atoms with Crippen LogP contribution in [-0.4, -0.2) is 37.4 Å². The standard InChI is InChI=1S/C12H15ClN2O4/c1-19-6-2-5-14-12(18)15-8-3-4-10(13)9(7-8)11(16)17/h3-4,7H,2,5-6H2,1H3,(H,16,17)(H2,14,15,18). The van der Waals surface area contributed by atoms with Crippen LogP contribution in [0.1, 0.15) is 16.8 Å². The molecule has 0 spiro atoms. The zero-order valence-electron chi connectivity index (χ0n) is 10.4. The molecule has 0 aliphatic carbocycles. The van der Waals surface area contributed by atoms with E-state index in [2.05, 4.69) is 10.6 Å². The van der Waals surface area contributed by atoms with Crippen molar-refractivity contribution in [3.8, 4) is 0 Å². The number of hydrogen-bond acceptors (Lipinski definition) is 3. The third-order valence-electron chi connectivity index (χ3n) is 2.27. The van der Waals surface area contributed by atoms with Crippen LogP contribution >= 0.6 is 11.6 Å². The van der Waals surface area contributed by atoms with Crippen molar-refractivity contribution in [1.82, 2.24) is 5.32 Å². The van der Waals surface area contributed by atoms with Crippen LogP contribution in [0.2, 0.25) is 5.02 Å². The lowest BCUT2D eigenvalue weighted by atomic mass is 10.2. The summed E-state index contributed by atoms with van der Waals surface area (Å²) in [6, 6.07) is 3.85. The van der Waals surface area contributed by atoms with Crippen molar-refractivity contribution in [2.45, 2.75) is 6.42 Å². The summed E-state index contributed by atoms with van der Waals surface area (Å²) in [6.45, 7) is 1.03. The van der Waals surface area contributed by atoms with E-state index in [4.69, 9.17) is 21.4 Å². The van der Waals surface area contributed by atoms with Gasteiger partial charge in [0.1, 0.15) is 0 Å². The lowest BCUT2D eigenvalue weighted by Gasteiger charge is -2.08. The minimum absolute atomic E-state index is 0.0566. The average molecular weight is 287 g/mol. The summed E-state index contributed by atoms with van der Waals surface area (Å²) in [6.07, 6.45) is 0.699. The highest BCUT2D eigenvalue weighted by atomic mass is 35.5. The summed E-state index contributed by atoms with van der Waals surface area (Å²) in [5, 5.41) is 14.2. The van der Waals surface area contributed by atoms with Gasteiger partial charge in [-0.25, -0.2) is 9.59 Å². The van der Waals surface area contributed by atoms with Crippen LogP contribution in [0.25, 0.3) is 0 Å². The van der Waals surface area contributed by atoms with E-state index in [9.17, 15) is 9.59 Å². The predicted octanol–water partition coefficient (Wildman–Crippen LogP) is 2.20. The number of ether oxygens (including phenoxy) is 1. The first kappa shape index (κ1) is 15.3. The van der Waals surface area contributed by atoms with Crippen LogP contribution in [0.5, 0.6) is 0 Å². The molecule has 0 saturated carbocycles. The van der Waals surface area contributed by atoms with Crippen LogP contribution < -0.4 is 10.6 Å². The molecule has 104 valence electrons. The maximum absolute atomic E-state index is 11.5. The molecule has 0 radical (unpaired) electrons. The molecule has 1 aromatic rings. The van der Waals surface area contributed by atoms with E-state index < -0.39 is 12.0 Å². The molecule has 0 unspecified atom stereocenters. The van der Waals surface area contributed by atoms with Gasteiger partial charge < -0.3 is 20.5 Å². The fourth-order valence-corrected chi connectivity index (χ4v) is 1.56. The molecule has 6 nitrogen and oxygen atoms in total. The Hall–Kier alpha value is -1.79. The predicted molar refractivity (Wildman–Crippen MR) is 71.9 cm³/mol. The van der Waals surface area contributed by atoms with Crippen LogP contribution in [0.3, 0.4) is 0 Å². The Morgan fingerprint density at radius 3 is 2.79 bits per heavy atom. The van der Waals surface area contributed by atoms with Gasteiger partial charge in [-0.05, 0) is 24.6 Å². The van der Waals surface area contributed by atoms with Crippen molar-refractivity contribution in [3.05, 3.63) is 28.8 Å². The zero-order valence-corrected chi connectivity index (χ0v) is 11.2. The van der Waals surface area contributed by atoms with Crippen molar-refractivity contribution in [2.24, 2.45) is 0 Å². The topological polar surface area (TPSA) is 87.7 Å². The third-order valence-corrected chi connectivity index (χ3v) is 2.60. The number of carbonyl (C=O) groups excluding carboxylic acids is 1. The third kappa shape index (κ3) is 5.15. The number of carbonyl (C=O) groups is 2. The number of nitrogens with one attached hydrogen (secondary N) is 2. The SMILES string of the molecule is COCCCNC(=O)Nc1ccc(Cl)c(C(=O)O)c1. The fourth-order valence-electron chi connectivity index (χ4n) is 1.36. The second kappa shape index (κ2) is 7.60. The number of aromatic carboxylic acids is 1. The van der Waals surface area contributed by atoms with Crippen LogP contribution in [0, 0.1) is 0 Å². The maximum atomic E-state index is 11.5. The average Bonchev–Trinajstić information content (AvgIpc) is 2.36. The summed E-state index contributed by atoms with van der Waals surface area (Å²) < 4.78 is 4.85. The molecule has 0 fully saturated rings. The molecular formula is C12H15ClN2O4. The van der Waals surface area contributed by atoms with E-state index in [0.29, 0.717) is 25.3 Å². The molecule has 7 heteroatoms.